The van der Waals surface area contributed by atoms with Gasteiger partial charge in [0.15, 0.2) is 0 Å². The first-order chi connectivity index (χ1) is 12.8. The molecule has 0 fully saturated rings. The van der Waals surface area contributed by atoms with Crippen molar-refractivity contribution in [2.45, 2.75) is 39.5 Å². The molecule has 1 N–H and O–H groups in total. The number of azide groups is 1. The molecule has 0 unspecified atom stereocenters. The van der Waals surface area contributed by atoms with E-state index in [1.165, 1.54) is 6.07 Å². The van der Waals surface area contributed by atoms with Gasteiger partial charge >= 0.3 is 0 Å². The predicted octanol–water partition coefficient (Wildman–Crippen LogP) is 5.62. The Labute approximate surface area is 157 Å². The first-order valence-electron chi connectivity index (χ1n) is 8.46. The van der Waals surface area contributed by atoms with Crippen molar-refractivity contribution in [3.05, 3.63) is 57.5 Å². The van der Waals surface area contributed by atoms with E-state index < -0.39 is 5.91 Å². The van der Waals surface area contributed by atoms with Crippen LogP contribution in [0.5, 0.6) is 11.5 Å². The zero-order valence-corrected chi connectivity index (χ0v) is 15.6. The second-order valence-electron chi connectivity index (χ2n) is 6.71. The molecule has 7 nitrogen and oxygen atoms in total. The van der Waals surface area contributed by atoms with Crippen LogP contribution >= 0.6 is 0 Å². The summed E-state index contributed by atoms with van der Waals surface area (Å²) in [5.74, 6) is -0.221. The third kappa shape index (κ3) is 4.20. The van der Waals surface area contributed by atoms with Crippen molar-refractivity contribution in [1.82, 2.24) is 0 Å². The van der Waals surface area contributed by atoms with Crippen LogP contribution in [0, 0.1) is 11.5 Å². The fourth-order valence-corrected chi connectivity index (χ4v) is 2.88. The highest BCUT2D eigenvalue weighted by molar-refractivity contribution is 6.02. The van der Waals surface area contributed by atoms with Crippen molar-refractivity contribution in [3.8, 4) is 28.9 Å². The molecule has 138 valence electrons. The van der Waals surface area contributed by atoms with Gasteiger partial charge in [-0.2, -0.15) is 0 Å². The molecule has 0 saturated heterocycles. The van der Waals surface area contributed by atoms with Crippen LogP contribution in [-0.2, 0) is 0 Å². The molecular formula is C20H20N4O3. The number of hydrogen-bond donors (Lipinski definition) is 1. The van der Waals surface area contributed by atoms with E-state index in [0.717, 1.165) is 11.1 Å². The van der Waals surface area contributed by atoms with Crippen LogP contribution in [0.2, 0.25) is 0 Å². The number of nitriles is 1. The first-order valence-corrected chi connectivity index (χ1v) is 8.46. The highest BCUT2D eigenvalue weighted by Gasteiger charge is 2.19. The molecule has 0 saturated carbocycles. The van der Waals surface area contributed by atoms with E-state index in [1.54, 1.807) is 18.4 Å². The van der Waals surface area contributed by atoms with Crippen molar-refractivity contribution >= 4 is 5.91 Å². The SMILES string of the molecule is CC(C)c1cc(-c2ccc(OC#N)cc2C(=O)N=[N+]=[N-])cc(C(C)C)c1O. The molecule has 2 aromatic carbocycles. The number of hydrogen-bond acceptors (Lipinski definition) is 4. The fourth-order valence-electron chi connectivity index (χ4n) is 2.88. The van der Waals surface area contributed by atoms with Crippen molar-refractivity contribution in [2.24, 2.45) is 5.11 Å². The normalized spacial score (nSPS) is 10.4. The Kier molecular flexibility index (Phi) is 6.07. The molecule has 2 rings (SSSR count). The van der Waals surface area contributed by atoms with E-state index in [1.807, 2.05) is 39.8 Å². The van der Waals surface area contributed by atoms with Gasteiger partial charge in [0.1, 0.15) is 11.5 Å². The number of nitrogens with zero attached hydrogens (tertiary/aromatic N) is 4. The summed E-state index contributed by atoms with van der Waals surface area (Å²) in [6.07, 6.45) is 1.55. The highest BCUT2D eigenvalue weighted by atomic mass is 16.5. The third-order valence-electron chi connectivity index (χ3n) is 4.24. The van der Waals surface area contributed by atoms with Crippen LogP contribution in [0.3, 0.4) is 0 Å². The molecule has 0 aliphatic rings. The van der Waals surface area contributed by atoms with Gasteiger partial charge < -0.3 is 9.84 Å². The Morgan fingerprint density at radius 3 is 2.26 bits per heavy atom. The maximum absolute atomic E-state index is 12.3. The lowest BCUT2D eigenvalue weighted by Gasteiger charge is -2.18. The molecule has 7 heteroatoms. The van der Waals surface area contributed by atoms with E-state index in [0.29, 0.717) is 11.1 Å². The smallest absolute Gasteiger partial charge is 0.292 e. The van der Waals surface area contributed by atoms with Gasteiger partial charge in [0.2, 0.25) is 5.91 Å². The number of carbonyl (C=O) groups is 1. The summed E-state index contributed by atoms with van der Waals surface area (Å²) in [7, 11) is 0. The van der Waals surface area contributed by atoms with Crippen molar-refractivity contribution in [2.75, 3.05) is 0 Å². The van der Waals surface area contributed by atoms with Gasteiger partial charge in [-0.1, -0.05) is 27.7 Å². The first kappa shape index (κ1) is 19.8. The summed E-state index contributed by atoms with van der Waals surface area (Å²) in [4.78, 5) is 14.8. The molecular weight excluding hydrogens is 344 g/mol. The molecule has 1 amide bonds. The second-order valence-corrected chi connectivity index (χ2v) is 6.71. The van der Waals surface area contributed by atoms with Crippen molar-refractivity contribution in [3.63, 3.8) is 0 Å². The minimum absolute atomic E-state index is 0.0694. The quantitative estimate of drug-likeness (QED) is 0.320. The van der Waals surface area contributed by atoms with Crippen LogP contribution in [0.25, 0.3) is 21.6 Å². The summed E-state index contributed by atoms with van der Waals surface area (Å²) in [5.41, 5.74) is 11.5. The Hall–Kier alpha value is -3.49. The summed E-state index contributed by atoms with van der Waals surface area (Å²) in [6.45, 7) is 7.88. The minimum atomic E-state index is -0.777. The number of phenolic OH excluding ortho intramolecular Hbond substituents is 1. The van der Waals surface area contributed by atoms with E-state index in [4.69, 9.17) is 15.5 Å². The highest BCUT2D eigenvalue weighted by Crippen LogP contribution is 2.39. The number of rotatable bonds is 5. The Bertz CT molecular complexity index is 939. The molecule has 0 aromatic heterocycles. The molecule has 2 aromatic rings. The van der Waals surface area contributed by atoms with E-state index in [2.05, 4.69) is 10.0 Å². The average Bonchev–Trinajstić information content (AvgIpc) is 2.62. The second kappa shape index (κ2) is 8.26. The van der Waals surface area contributed by atoms with Gasteiger partial charge in [-0.25, -0.2) is 0 Å². The van der Waals surface area contributed by atoms with Crippen LogP contribution in [0.4, 0.5) is 0 Å². The number of aromatic hydroxyl groups is 1. The monoisotopic (exact) mass is 364 g/mol. The van der Waals surface area contributed by atoms with Gasteiger partial charge in [0.25, 0.3) is 6.26 Å². The van der Waals surface area contributed by atoms with E-state index in [9.17, 15) is 9.90 Å². The summed E-state index contributed by atoms with van der Waals surface area (Å²) >= 11 is 0. The van der Waals surface area contributed by atoms with Gasteiger partial charge in [0.05, 0.1) is 0 Å². The van der Waals surface area contributed by atoms with Gasteiger partial charge in [-0.05, 0) is 75.1 Å². The van der Waals surface area contributed by atoms with Gasteiger partial charge in [0, 0.05) is 10.5 Å². The number of ether oxygens (including phenoxy) is 1. The minimum Gasteiger partial charge on any atom is -0.507 e. The molecule has 0 spiro atoms. The van der Waals surface area contributed by atoms with Crippen molar-refractivity contribution < 1.29 is 14.6 Å². The lowest BCUT2D eigenvalue weighted by Crippen LogP contribution is -2.01. The standard InChI is InChI=1S/C20H20N4O3/c1-11(2)16-7-13(8-17(12(3)4)19(16)25)15-6-5-14(27-10-21)9-18(15)20(26)23-24-22/h5-9,11-12,25H,1-4H3. The molecule has 0 aliphatic heterocycles. The molecule has 0 aliphatic carbocycles. The van der Waals surface area contributed by atoms with Crippen LogP contribution in [0.1, 0.15) is 61.0 Å². The maximum Gasteiger partial charge on any atom is 0.292 e. The molecule has 0 radical (unpaired) electrons. The zero-order valence-electron chi connectivity index (χ0n) is 15.6. The molecule has 0 heterocycles. The predicted molar refractivity (Wildman–Crippen MR) is 101 cm³/mol. The van der Waals surface area contributed by atoms with Gasteiger partial charge in [-0.15, -0.1) is 5.26 Å². The lowest BCUT2D eigenvalue weighted by atomic mass is 9.88. The van der Waals surface area contributed by atoms with Crippen molar-refractivity contribution in [1.29, 1.82) is 5.26 Å². The van der Waals surface area contributed by atoms with Crippen LogP contribution < -0.4 is 4.74 Å². The Balaban J connectivity index is 2.78. The van der Waals surface area contributed by atoms with Crippen LogP contribution in [0.15, 0.2) is 35.4 Å². The largest absolute Gasteiger partial charge is 0.507 e. The lowest BCUT2D eigenvalue weighted by molar-refractivity contribution is 0.100. The Morgan fingerprint density at radius 1 is 1.19 bits per heavy atom. The Morgan fingerprint density at radius 2 is 1.78 bits per heavy atom. The third-order valence-corrected chi connectivity index (χ3v) is 4.24. The van der Waals surface area contributed by atoms with E-state index >= 15 is 0 Å². The summed E-state index contributed by atoms with van der Waals surface area (Å²) in [5, 5.41) is 22.5. The summed E-state index contributed by atoms with van der Waals surface area (Å²) in [6, 6.07) is 8.19. The zero-order chi connectivity index (χ0) is 20.1. The van der Waals surface area contributed by atoms with Gasteiger partial charge in [-0.3, -0.25) is 4.79 Å². The fraction of sp³-hybridized carbons (Fsp3) is 0.300. The molecule has 0 bridgehead atoms. The molecule has 0 atom stereocenters. The number of amides is 1. The number of carbonyl (C=O) groups excluding carboxylic acids is 1. The number of benzene rings is 2. The maximum atomic E-state index is 12.3. The molecule has 27 heavy (non-hydrogen) atoms. The number of phenols is 1. The van der Waals surface area contributed by atoms with E-state index in [-0.39, 0.29) is 28.9 Å². The average molecular weight is 364 g/mol. The van der Waals surface area contributed by atoms with Crippen LogP contribution in [-0.4, -0.2) is 11.0 Å². The topological polar surface area (TPSA) is 119 Å². The summed E-state index contributed by atoms with van der Waals surface area (Å²) < 4.78 is 4.79.